The summed E-state index contributed by atoms with van der Waals surface area (Å²) in [5.41, 5.74) is 5.00. The molecule has 1 aliphatic rings. The molecule has 0 aromatic rings. The number of amides is 2. The molecule has 6 heteroatoms. The average Bonchev–Trinajstić information content (AvgIpc) is 2.73. The first kappa shape index (κ1) is 15.6. The molecule has 1 rings (SSSR count). The lowest BCUT2D eigenvalue weighted by molar-refractivity contribution is 0.189. The van der Waals surface area contributed by atoms with Gasteiger partial charge >= 0.3 is 6.03 Å². The standard InChI is InChI=1S/C13H26N4O2/c1-3-13(4-2,11(14)16-19)15-12(18)17-9-7-5-6-8-10-17/h19H,3-10H2,1-2H3,(H2,14,16)(H,15,18). The number of carbonyl (C=O) groups excluding carboxylic acids is 1. The summed E-state index contributed by atoms with van der Waals surface area (Å²) in [6.45, 7) is 5.41. The van der Waals surface area contributed by atoms with E-state index in [4.69, 9.17) is 10.9 Å². The van der Waals surface area contributed by atoms with Crippen LogP contribution in [0.3, 0.4) is 0 Å². The van der Waals surface area contributed by atoms with Gasteiger partial charge in [0.1, 0.15) is 5.54 Å². The van der Waals surface area contributed by atoms with E-state index in [-0.39, 0.29) is 11.9 Å². The SMILES string of the molecule is CCC(CC)(NC(=O)N1CCCCCC1)C(N)=NO. The second-order valence-electron chi connectivity index (χ2n) is 5.11. The Morgan fingerprint density at radius 2 is 1.79 bits per heavy atom. The molecule has 1 saturated heterocycles. The van der Waals surface area contributed by atoms with Gasteiger partial charge in [-0.15, -0.1) is 0 Å². The van der Waals surface area contributed by atoms with Gasteiger partial charge in [-0.1, -0.05) is 31.8 Å². The summed E-state index contributed by atoms with van der Waals surface area (Å²) in [5, 5.41) is 14.9. The van der Waals surface area contributed by atoms with E-state index in [0.717, 1.165) is 25.9 Å². The molecule has 0 radical (unpaired) electrons. The van der Waals surface area contributed by atoms with Crippen LogP contribution in [-0.2, 0) is 0 Å². The van der Waals surface area contributed by atoms with Gasteiger partial charge in [-0.2, -0.15) is 0 Å². The van der Waals surface area contributed by atoms with Gasteiger partial charge in [-0.25, -0.2) is 4.79 Å². The summed E-state index contributed by atoms with van der Waals surface area (Å²) in [4.78, 5) is 14.2. The normalized spacial score (nSPS) is 18.0. The molecule has 19 heavy (non-hydrogen) atoms. The van der Waals surface area contributed by atoms with Crippen LogP contribution >= 0.6 is 0 Å². The number of nitrogens with zero attached hydrogens (tertiary/aromatic N) is 2. The first-order valence-electron chi connectivity index (χ1n) is 7.14. The van der Waals surface area contributed by atoms with Crippen molar-refractivity contribution in [1.82, 2.24) is 10.2 Å². The molecule has 1 fully saturated rings. The third kappa shape index (κ3) is 3.75. The lowest BCUT2D eigenvalue weighted by Gasteiger charge is -2.34. The molecule has 0 bridgehead atoms. The lowest BCUT2D eigenvalue weighted by Crippen LogP contribution is -2.59. The largest absolute Gasteiger partial charge is 0.409 e. The van der Waals surface area contributed by atoms with E-state index in [9.17, 15) is 4.79 Å². The number of amidine groups is 1. The Bertz CT molecular complexity index is 319. The van der Waals surface area contributed by atoms with E-state index < -0.39 is 5.54 Å². The average molecular weight is 270 g/mol. The van der Waals surface area contributed by atoms with Gasteiger partial charge in [0.05, 0.1) is 0 Å². The number of nitrogens with two attached hydrogens (primary N) is 1. The van der Waals surface area contributed by atoms with Crippen molar-refractivity contribution in [3.05, 3.63) is 0 Å². The molecule has 0 atom stereocenters. The lowest BCUT2D eigenvalue weighted by atomic mass is 9.91. The van der Waals surface area contributed by atoms with Gasteiger partial charge in [-0.3, -0.25) is 0 Å². The van der Waals surface area contributed by atoms with Crippen molar-refractivity contribution in [3.63, 3.8) is 0 Å². The van der Waals surface area contributed by atoms with Crippen molar-refractivity contribution in [2.24, 2.45) is 10.9 Å². The van der Waals surface area contributed by atoms with E-state index in [1.807, 2.05) is 18.7 Å². The molecular formula is C13H26N4O2. The van der Waals surface area contributed by atoms with Crippen molar-refractivity contribution in [2.75, 3.05) is 13.1 Å². The second kappa shape index (κ2) is 7.21. The molecule has 0 aromatic carbocycles. The van der Waals surface area contributed by atoms with Crippen LogP contribution in [0.5, 0.6) is 0 Å². The van der Waals surface area contributed by atoms with Gasteiger partial charge in [0.2, 0.25) is 0 Å². The van der Waals surface area contributed by atoms with Crippen LogP contribution in [0.2, 0.25) is 0 Å². The van der Waals surface area contributed by atoms with Gasteiger partial charge in [0.25, 0.3) is 0 Å². The highest BCUT2D eigenvalue weighted by atomic mass is 16.4. The molecule has 6 nitrogen and oxygen atoms in total. The highest BCUT2D eigenvalue weighted by Crippen LogP contribution is 2.17. The molecule has 1 heterocycles. The maximum Gasteiger partial charge on any atom is 0.318 e. The Kier molecular flexibility index (Phi) is 5.92. The Labute approximate surface area is 115 Å². The van der Waals surface area contributed by atoms with Gasteiger partial charge in [0.15, 0.2) is 5.84 Å². The zero-order valence-corrected chi connectivity index (χ0v) is 12.0. The summed E-state index contributed by atoms with van der Waals surface area (Å²) in [6.07, 6.45) is 5.63. The number of rotatable bonds is 4. The molecule has 110 valence electrons. The molecule has 0 unspecified atom stereocenters. The predicted octanol–water partition coefficient (Wildman–Crippen LogP) is 1.88. The zero-order chi connectivity index (χ0) is 14.3. The van der Waals surface area contributed by atoms with Crippen molar-refractivity contribution in [1.29, 1.82) is 0 Å². The minimum absolute atomic E-state index is 0.0701. The second-order valence-corrected chi connectivity index (χ2v) is 5.11. The van der Waals surface area contributed by atoms with Crippen molar-refractivity contribution < 1.29 is 10.0 Å². The van der Waals surface area contributed by atoms with E-state index in [1.54, 1.807) is 0 Å². The Morgan fingerprint density at radius 3 is 2.21 bits per heavy atom. The monoisotopic (exact) mass is 270 g/mol. The summed E-state index contributed by atoms with van der Waals surface area (Å²) >= 11 is 0. The number of oxime groups is 1. The molecule has 4 N–H and O–H groups in total. The van der Waals surface area contributed by atoms with Crippen LogP contribution in [-0.4, -0.2) is 40.6 Å². The molecule has 0 saturated carbocycles. The highest BCUT2D eigenvalue weighted by molar-refractivity contribution is 5.93. The Hall–Kier alpha value is -1.46. The number of hydrogen-bond donors (Lipinski definition) is 3. The number of nitrogens with one attached hydrogen (secondary N) is 1. The van der Waals surface area contributed by atoms with Crippen LogP contribution in [0.4, 0.5) is 4.79 Å². The summed E-state index contributed by atoms with van der Waals surface area (Å²) in [7, 11) is 0. The van der Waals surface area contributed by atoms with Crippen molar-refractivity contribution in [3.8, 4) is 0 Å². The van der Waals surface area contributed by atoms with Crippen LogP contribution < -0.4 is 11.1 Å². The topological polar surface area (TPSA) is 91.0 Å². The summed E-state index contributed by atoms with van der Waals surface area (Å²) < 4.78 is 0. The van der Waals surface area contributed by atoms with Crippen molar-refractivity contribution in [2.45, 2.75) is 57.9 Å². The highest BCUT2D eigenvalue weighted by Gasteiger charge is 2.34. The first-order chi connectivity index (χ1) is 9.09. The van der Waals surface area contributed by atoms with Crippen LogP contribution in [0, 0.1) is 0 Å². The van der Waals surface area contributed by atoms with Gasteiger partial charge in [-0.05, 0) is 25.7 Å². The van der Waals surface area contributed by atoms with E-state index in [1.165, 1.54) is 12.8 Å². The smallest absolute Gasteiger partial charge is 0.318 e. The zero-order valence-electron chi connectivity index (χ0n) is 12.0. The molecule has 2 amide bonds. The van der Waals surface area contributed by atoms with Crippen LogP contribution in [0.1, 0.15) is 52.4 Å². The number of urea groups is 1. The Morgan fingerprint density at radius 1 is 1.26 bits per heavy atom. The van der Waals surface area contributed by atoms with Crippen LogP contribution in [0.25, 0.3) is 0 Å². The maximum absolute atomic E-state index is 12.3. The van der Waals surface area contributed by atoms with Crippen molar-refractivity contribution >= 4 is 11.9 Å². The summed E-state index contributed by atoms with van der Waals surface area (Å²) in [5.74, 6) is 0.0701. The molecule has 0 aromatic heterocycles. The van der Waals surface area contributed by atoms with Gasteiger partial charge < -0.3 is 21.2 Å². The molecular weight excluding hydrogens is 244 g/mol. The third-order valence-corrected chi connectivity index (χ3v) is 4.04. The fourth-order valence-electron chi connectivity index (χ4n) is 2.51. The first-order valence-corrected chi connectivity index (χ1v) is 7.14. The fourth-order valence-corrected chi connectivity index (χ4v) is 2.51. The molecule has 0 spiro atoms. The summed E-state index contributed by atoms with van der Waals surface area (Å²) in [6, 6.07) is -0.114. The minimum Gasteiger partial charge on any atom is -0.409 e. The van der Waals surface area contributed by atoms with E-state index >= 15 is 0 Å². The van der Waals surface area contributed by atoms with E-state index in [2.05, 4.69) is 10.5 Å². The number of hydrogen-bond acceptors (Lipinski definition) is 3. The maximum atomic E-state index is 12.3. The molecule has 1 aliphatic heterocycles. The molecule has 0 aliphatic carbocycles. The van der Waals surface area contributed by atoms with Crippen LogP contribution in [0.15, 0.2) is 5.16 Å². The Balaban J connectivity index is 2.75. The van der Waals surface area contributed by atoms with Gasteiger partial charge in [0, 0.05) is 13.1 Å². The number of carbonyl (C=O) groups is 1. The number of likely N-dealkylation sites (tertiary alicyclic amines) is 1. The predicted molar refractivity (Wildman–Crippen MR) is 75.3 cm³/mol. The quantitative estimate of drug-likeness (QED) is 0.315. The fraction of sp³-hybridized carbons (Fsp3) is 0.846. The third-order valence-electron chi connectivity index (χ3n) is 4.04. The van der Waals surface area contributed by atoms with E-state index in [0.29, 0.717) is 12.8 Å². The minimum atomic E-state index is -0.752.